The third kappa shape index (κ3) is 3.54. The maximum absolute atomic E-state index is 11.9. The number of carbonyl (C=O) groups is 1. The Bertz CT molecular complexity index is 378. The summed E-state index contributed by atoms with van der Waals surface area (Å²) in [5.41, 5.74) is 5.66. The molecular weight excluding hydrogens is 246 g/mol. The summed E-state index contributed by atoms with van der Waals surface area (Å²) in [7, 11) is 0. The second kappa shape index (κ2) is 6.31. The van der Waals surface area contributed by atoms with Crippen molar-refractivity contribution in [1.29, 1.82) is 0 Å². The zero-order valence-corrected chi connectivity index (χ0v) is 11.7. The second-order valence-electron chi connectivity index (χ2n) is 4.82. The fraction of sp³-hybridized carbons (Fsp3) is 0.615. The lowest BCUT2D eigenvalue weighted by molar-refractivity contribution is -0.132. The van der Waals surface area contributed by atoms with Crippen molar-refractivity contribution in [1.82, 2.24) is 9.80 Å². The number of amides is 1. The molecule has 4 nitrogen and oxygen atoms in total. The van der Waals surface area contributed by atoms with Crippen LogP contribution in [0.4, 0.5) is 0 Å². The van der Waals surface area contributed by atoms with Gasteiger partial charge in [0.25, 0.3) is 0 Å². The molecule has 1 saturated heterocycles. The number of nitrogens with two attached hydrogens (primary N) is 1. The maximum atomic E-state index is 11.9. The average molecular weight is 267 g/mol. The normalized spacial score (nSPS) is 19.6. The molecule has 100 valence electrons. The first-order valence-electron chi connectivity index (χ1n) is 6.46. The molecule has 5 heteroatoms. The highest BCUT2D eigenvalue weighted by molar-refractivity contribution is 7.09. The quantitative estimate of drug-likeness (QED) is 0.893. The van der Waals surface area contributed by atoms with Gasteiger partial charge in [0.15, 0.2) is 0 Å². The van der Waals surface area contributed by atoms with Gasteiger partial charge >= 0.3 is 0 Å². The Kier molecular flexibility index (Phi) is 4.74. The Labute approximate surface area is 112 Å². The zero-order valence-electron chi connectivity index (χ0n) is 10.8. The van der Waals surface area contributed by atoms with Crippen LogP contribution in [0, 0.1) is 0 Å². The third-order valence-corrected chi connectivity index (χ3v) is 4.11. The molecule has 1 aliphatic heterocycles. The van der Waals surface area contributed by atoms with Crippen molar-refractivity contribution < 1.29 is 4.79 Å². The Hall–Kier alpha value is -0.910. The van der Waals surface area contributed by atoms with Crippen LogP contribution in [-0.4, -0.2) is 47.9 Å². The van der Waals surface area contributed by atoms with E-state index in [0.29, 0.717) is 0 Å². The number of rotatable bonds is 3. The van der Waals surface area contributed by atoms with Crippen LogP contribution >= 0.6 is 11.3 Å². The van der Waals surface area contributed by atoms with E-state index in [1.165, 1.54) is 4.88 Å². The molecule has 0 saturated carbocycles. The Morgan fingerprint density at radius 1 is 1.44 bits per heavy atom. The average Bonchev–Trinajstić information content (AvgIpc) is 2.73. The Morgan fingerprint density at radius 2 is 2.28 bits per heavy atom. The molecule has 1 amide bonds. The predicted octanol–water partition coefficient (Wildman–Crippen LogP) is 1.13. The molecule has 0 unspecified atom stereocenters. The summed E-state index contributed by atoms with van der Waals surface area (Å²) >= 11 is 1.79. The molecule has 2 N–H and O–H groups in total. The second-order valence-corrected chi connectivity index (χ2v) is 5.86. The predicted molar refractivity (Wildman–Crippen MR) is 74.4 cm³/mol. The van der Waals surface area contributed by atoms with Gasteiger partial charge in [0.05, 0.1) is 6.04 Å². The van der Waals surface area contributed by atoms with E-state index >= 15 is 0 Å². The molecule has 18 heavy (non-hydrogen) atoms. The summed E-state index contributed by atoms with van der Waals surface area (Å²) in [5.74, 6) is 0.0768. The number of hydrogen-bond donors (Lipinski definition) is 1. The fourth-order valence-corrected chi connectivity index (χ4v) is 3.01. The summed E-state index contributed by atoms with van der Waals surface area (Å²) in [6, 6.07) is 3.87. The molecule has 1 atom stereocenters. The van der Waals surface area contributed by atoms with Gasteiger partial charge in [0.2, 0.25) is 5.91 Å². The van der Waals surface area contributed by atoms with Gasteiger partial charge in [-0.05, 0) is 24.8 Å². The van der Waals surface area contributed by atoms with Crippen molar-refractivity contribution in [2.75, 3.05) is 26.2 Å². The van der Waals surface area contributed by atoms with Crippen LogP contribution in [0.3, 0.4) is 0 Å². The van der Waals surface area contributed by atoms with E-state index in [1.807, 2.05) is 4.90 Å². The number of hydrogen-bond acceptors (Lipinski definition) is 4. The van der Waals surface area contributed by atoms with Gasteiger partial charge in [0, 0.05) is 37.6 Å². The van der Waals surface area contributed by atoms with Crippen molar-refractivity contribution in [3.63, 3.8) is 0 Å². The van der Waals surface area contributed by atoms with Gasteiger partial charge in [-0.2, -0.15) is 0 Å². The van der Waals surface area contributed by atoms with Crippen LogP contribution in [0.2, 0.25) is 0 Å². The molecule has 1 aromatic heterocycles. The largest absolute Gasteiger partial charge is 0.340 e. The number of thiophene rings is 1. The molecule has 0 bridgehead atoms. The molecule has 1 fully saturated rings. The van der Waals surface area contributed by atoms with Crippen LogP contribution in [0.25, 0.3) is 0 Å². The van der Waals surface area contributed by atoms with Crippen molar-refractivity contribution in [2.24, 2.45) is 5.73 Å². The molecule has 0 aromatic carbocycles. The molecule has 2 rings (SSSR count). The fourth-order valence-electron chi connectivity index (χ4n) is 2.26. The molecule has 2 heterocycles. The molecule has 0 radical (unpaired) electrons. The SMILES string of the molecule is C[C@@H](N)C(=O)N1CCCN(Cc2cccs2)CC1. The van der Waals surface area contributed by atoms with Crippen molar-refractivity contribution in [2.45, 2.75) is 25.9 Å². The highest BCUT2D eigenvalue weighted by Crippen LogP contribution is 2.13. The summed E-state index contributed by atoms with van der Waals surface area (Å²) in [5, 5.41) is 2.11. The standard InChI is InChI=1S/C13H21N3OS/c1-11(14)13(17)16-6-3-5-15(7-8-16)10-12-4-2-9-18-12/h2,4,9,11H,3,5-8,10,14H2,1H3/t11-/m1/s1. The summed E-state index contributed by atoms with van der Waals surface area (Å²) in [6.07, 6.45) is 1.03. The van der Waals surface area contributed by atoms with E-state index in [9.17, 15) is 4.79 Å². The van der Waals surface area contributed by atoms with E-state index in [4.69, 9.17) is 5.73 Å². The van der Waals surface area contributed by atoms with E-state index < -0.39 is 0 Å². The van der Waals surface area contributed by atoms with Crippen LogP contribution in [0.15, 0.2) is 17.5 Å². The molecule has 1 aliphatic rings. The summed E-state index contributed by atoms with van der Waals surface area (Å²) in [4.78, 5) is 17.6. The first kappa shape index (κ1) is 13.5. The zero-order chi connectivity index (χ0) is 13.0. The topological polar surface area (TPSA) is 49.6 Å². The lowest BCUT2D eigenvalue weighted by Gasteiger charge is -2.23. The van der Waals surface area contributed by atoms with Gasteiger partial charge in [0.1, 0.15) is 0 Å². The first-order valence-corrected chi connectivity index (χ1v) is 7.34. The Morgan fingerprint density at radius 3 is 2.94 bits per heavy atom. The molecular formula is C13H21N3OS. The van der Waals surface area contributed by atoms with E-state index in [2.05, 4.69) is 22.4 Å². The summed E-state index contributed by atoms with van der Waals surface area (Å²) < 4.78 is 0. The van der Waals surface area contributed by atoms with Gasteiger partial charge in [-0.15, -0.1) is 11.3 Å². The molecule has 0 aliphatic carbocycles. The molecule has 0 spiro atoms. The van der Waals surface area contributed by atoms with Crippen molar-refractivity contribution >= 4 is 17.2 Å². The number of nitrogens with zero attached hydrogens (tertiary/aromatic N) is 2. The van der Waals surface area contributed by atoms with Crippen LogP contribution in [-0.2, 0) is 11.3 Å². The van der Waals surface area contributed by atoms with Crippen LogP contribution in [0.5, 0.6) is 0 Å². The minimum absolute atomic E-state index is 0.0768. The van der Waals surface area contributed by atoms with Gasteiger partial charge < -0.3 is 10.6 Å². The van der Waals surface area contributed by atoms with Gasteiger partial charge in [-0.25, -0.2) is 0 Å². The van der Waals surface area contributed by atoms with Crippen LogP contribution < -0.4 is 5.73 Å². The maximum Gasteiger partial charge on any atom is 0.239 e. The highest BCUT2D eigenvalue weighted by atomic mass is 32.1. The highest BCUT2D eigenvalue weighted by Gasteiger charge is 2.21. The van der Waals surface area contributed by atoms with Crippen molar-refractivity contribution in [3.05, 3.63) is 22.4 Å². The van der Waals surface area contributed by atoms with Gasteiger partial charge in [-0.1, -0.05) is 6.07 Å². The lowest BCUT2D eigenvalue weighted by atomic mass is 10.3. The smallest absolute Gasteiger partial charge is 0.239 e. The van der Waals surface area contributed by atoms with E-state index in [0.717, 1.165) is 39.1 Å². The number of carbonyl (C=O) groups excluding carboxylic acids is 1. The molecule has 1 aromatic rings. The van der Waals surface area contributed by atoms with Crippen LogP contribution in [0.1, 0.15) is 18.2 Å². The monoisotopic (exact) mass is 267 g/mol. The van der Waals surface area contributed by atoms with E-state index in [-0.39, 0.29) is 11.9 Å². The lowest BCUT2D eigenvalue weighted by Crippen LogP contribution is -2.43. The minimum atomic E-state index is -0.381. The summed E-state index contributed by atoms with van der Waals surface area (Å²) in [6.45, 7) is 6.39. The van der Waals surface area contributed by atoms with E-state index in [1.54, 1.807) is 18.3 Å². The Balaban J connectivity index is 1.86. The van der Waals surface area contributed by atoms with Crippen molar-refractivity contribution in [3.8, 4) is 0 Å². The third-order valence-electron chi connectivity index (χ3n) is 3.25. The minimum Gasteiger partial charge on any atom is -0.340 e. The van der Waals surface area contributed by atoms with Gasteiger partial charge in [-0.3, -0.25) is 9.69 Å². The first-order chi connectivity index (χ1) is 8.66.